The minimum absolute atomic E-state index is 0.267. The zero-order valence-electron chi connectivity index (χ0n) is 14.0. The van der Waals surface area contributed by atoms with Crippen LogP contribution in [-0.2, 0) is 0 Å². The molecule has 2 N–H and O–H groups in total. The molecule has 0 amide bonds. The molecule has 3 rings (SSSR count). The molecule has 0 unspecified atom stereocenters. The average molecular weight is 319 g/mol. The van der Waals surface area contributed by atoms with Crippen LogP contribution >= 0.6 is 0 Å². The monoisotopic (exact) mass is 319 g/mol. The van der Waals surface area contributed by atoms with Gasteiger partial charge >= 0.3 is 0 Å². The molecule has 2 aliphatic heterocycles. The van der Waals surface area contributed by atoms with Gasteiger partial charge in [0.05, 0.1) is 6.61 Å². The number of rotatable bonds is 6. The predicted octanol–water partition coefficient (Wildman–Crippen LogP) is 1.58. The Morgan fingerprint density at radius 2 is 1.87 bits per heavy atom. The SMILES string of the molecule is OCCN1CCC(CNc2cc(N3CCCCC3)ncn2)CC1. The van der Waals surface area contributed by atoms with E-state index in [4.69, 9.17) is 5.11 Å². The fourth-order valence-corrected chi connectivity index (χ4v) is 3.54. The van der Waals surface area contributed by atoms with Gasteiger partial charge in [-0.25, -0.2) is 9.97 Å². The van der Waals surface area contributed by atoms with E-state index in [-0.39, 0.29) is 6.61 Å². The molecule has 3 heterocycles. The average Bonchev–Trinajstić information content (AvgIpc) is 2.62. The molecule has 0 spiro atoms. The molecule has 0 aromatic carbocycles. The number of anilines is 2. The molecule has 128 valence electrons. The second kappa shape index (κ2) is 8.45. The summed E-state index contributed by atoms with van der Waals surface area (Å²) in [4.78, 5) is 13.5. The maximum atomic E-state index is 9.00. The summed E-state index contributed by atoms with van der Waals surface area (Å²) in [7, 11) is 0. The number of aliphatic hydroxyl groups excluding tert-OH is 1. The molecule has 23 heavy (non-hydrogen) atoms. The molecular formula is C17H29N5O. The minimum atomic E-state index is 0.267. The summed E-state index contributed by atoms with van der Waals surface area (Å²) in [5.74, 6) is 2.69. The number of hydrogen-bond donors (Lipinski definition) is 2. The van der Waals surface area contributed by atoms with E-state index in [1.165, 1.54) is 32.1 Å². The lowest BCUT2D eigenvalue weighted by Crippen LogP contribution is -2.37. The summed E-state index contributed by atoms with van der Waals surface area (Å²) in [5, 5.41) is 12.5. The molecule has 0 atom stereocenters. The Kier molecular flexibility index (Phi) is 6.05. The zero-order chi connectivity index (χ0) is 15.9. The molecule has 2 fully saturated rings. The standard InChI is InChI=1S/C17H29N5O/c23-11-10-21-8-4-15(5-9-21)13-18-16-12-17(20-14-19-16)22-6-2-1-3-7-22/h12,14-15,23H,1-11,13H2,(H,18,19,20). The Morgan fingerprint density at radius 3 is 2.61 bits per heavy atom. The highest BCUT2D eigenvalue weighted by Gasteiger charge is 2.19. The van der Waals surface area contributed by atoms with Crippen LogP contribution in [0, 0.1) is 5.92 Å². The van der Waals surface area contributed by atoms with E-state index in [1.54, 1.807) is 6.33 Å². The van der Waals surface area contributed by atoms with Gasteiger partial charge in [-0.05, 0) is 51.1 Å². The Hall–Kier alpha value is -1.40. The van der Waals surface area contributed by atoms with Crippen LogP contribution in [0.1, 0.15) is 32.1 Å². The van der Waals surface area contributed by atoms with E-state index in [2.05, 4.69) is 31.2 Å². The number of aliphatic hydroxyl groups is 1. The molecule has 2 saturated heterocycles. The van der Waals surface area contributed by atoms with Crippen molar-refractivity contribution < 1.29 is 5.11 Å². The van der Waals surface area contributed by atoms with Gasteiger partial charge in [0.15, 0.2) is 0 Å². The first-order chi connectivity index (χ1) is 11.3. The van der Waals surface area contributed by atoms with Gasteiger partial charge in [-0.15, -0.1) is 0 Å². The lowest BCUT2D eigenvalue weighted by Gasteiger charge is -2.31. The van der Waals surface area contributed by atoms with Crippen molar-refractivity contribution in [1.82, 2.24) is 14.9 Å². The first-order valence-corrected chi connectivity index (χ1v) is 8.99. The number of β-amino-alcohol motifs (C(OH)–C–C–N with tert-alkyl or cyclic N) is 1. The van der Waals surface area contributed by atoms with E-state index >= 15 is 0 Å². The predicted molar refractivity (Wildman–Crippen MR) is 92.8 cm³/mol. The second-order valence-corrected chi connectivity index (χ2v) is 6.70. The molecule has 6 nitrogen and oxygen atoms in total. The summed E-state index contributed by atoms with van der Waals surface area (Å²) in [6.45, 7) is 6.46. The molecule has 0 aliphatic carbocycles. The van der Waals surface area contributed by atoms with Crippen molar-refractivity contribution in [3.63, 3.8) is 0 Å². The molecular weight excluding hydrogens is 290 g/mol. The Bertz CT molecular complexity index is 470. The van der Waals surface area contributed by atoms with Crippen molar-refractivity contribution in [3.8, 4) is 0 Å². The third kappa shape index (κ3) is 4.78. The van der Waals surface area contributed by atoms with Gasteiger partial charge in [0.1, 0.15) is 18.0 Å². The topological polar surface area (TPSA) is 64.5 Å². The molecule has 6 heteroatoms. The van der Waals surface area contributed by atoms with Crippen LogP contribution in [0.3, 0.4) is 0 Å². The smallest absolute Gasteiger partial charge is 0.134 e. The molecule has 2 aliphatic rings. The molecule has 1 aromatic rings. The Balaban J connectivity index is 1.47. The van der Waals surface area contributed by atoms with Gasteiger partial charge in [0, 0.05) is 32.2 Å². The number of nitrogens with one attached hydrogen (secondary N) is 1. The number of aromatic nitrogens is 2. The van der Waals surface area contributed by atoms with E-state index < -0.39 is 0 Å². The number of likely N-dealkylation sites (tertiary alicyclic amines) is 1. The fraction of sp³-hybridized carbons (Fsp3) is 0.765. The summed E-state index contributed by atoms with van der Waals surface area (Å²) in [6.07, 6.45) is 7.92. The summed E-state index contributed by atoms with van der Waals surface area (Å²) in [5.41, 5.74) is 0. The van der Waals surface area contributed by atoms with Crippen LogP contribution in [0.4, 0.5) is 11.6 Å². The van der Waals surface area contributed by atoms with Crippen LogP contribution in [0.25, 0.3) is 0 Å². The summed E-state index contributed by atoms with van der Waals surface area (Å²) >= 11 is 0. The Morgan fingerprint density at radius 1 is 1.09 bits per heavy atom. The molecule has 0 saturated carbocycles. The van der Waals surface area contributed by atoms with E-state index in [9.17, 15) is 0 Å². The second-order valence-electron chi connectivity index (χ2n) is 6.70. The number of hydrogen-bond acceptors (Lipinski definition) is 6. The third-order valence-electron chi connectivity index (χ3n) is 5.03. The fourth-order valence-electron chi connectivity index (χ4n) is 3.54. The van der Waals surface area contributed by atoms with Crippen LogP contribution in [0.2, 0.25) is 0 Å². The molecule has 0 bridgehead atoms. The van der Waals surface area contributed by atoms with Crippen molar-refractivity contribution in [3.05, 3.63) is 12.4 Å². The van der Waals surface area contributed by atoms with Gasteiger partial charge in [-0.1, -0.05) is 0 Å². The maximum Gasteiger partial charge on any atom is 0.134 e. The van der Waals surface area contributed by atoms with Gasteiger partial charge in [-0.3, -0.25) is 0 Å². The van der Waals surface area contributed by atoms with Crippen LogP contribution in [-0.4, -0.2) is 65.8 Å². The Labute approximate surface area is 138 Å². The number of piperidine rings is 2. The minimum Gasteiger partial charge on any atom is -0.395 e. The van der Waals surface area contributed by atoms with Crippen LogP contribution in [0.15, 0.2) is 12.4 Å². The molecule has 0 radical (unpaired) electrons. The first kappa shape index (κ1) is 16.5. The van der Waals surface area contributed by atoms with Crippen molar-refractivity contribution in [2.75, 3.05) is 56.1 Å². The van der Waals surface area contributed by atoms with Crippen molar-refractivity contribution in [2.24, 2.45) is 5.92 Å². The lowest BCUT2D eigenvalue weighted by atomic mass is 9.97. The highest BCUT2D eigenvalue weighted by molar-refractivity contribution is 5.48. The zero-order valence-corrected chi connectivity index (χ0v) is 14.0. The van der Waals surface area contributed by atoms with Crippen molar-refractivity contribution in [2.45, 2.75) is 32.1 Å². The van der Waals surface area contributed by atoms with Crippen molar-refractivity contribution in [1.29, 1.82) is 0 Å². The number of nitrogens with zero attached hydrogens (tertiary/aromatic N) is 4. The first-order valence-electron chi connectivity index (χ1n) is 8.99. The highest BCUT2D eigenvalue weighted by Crippen LogP contribution is 2.21. The van der Waals surface area contributed by atoms with Gasteiger partial charge in [0.2, 0.25) is 0 Å². The van der Waals surface area contributed by atoms with Crippen molar-refractivity contribution >= 4 is 11.6 Å². The van der Waals surface area contributed by atoms with Gasteiger partial charge in [-0.2, -0.15) is 0 Å². The van der Waals surface area contributed by atoms with Crippen LogP contribution in [0.5, 0.6) is 0 Å². The molecule has 1 aromatic heterocycles. The summed E-state index contributed by atoms with van der Waals surface area (Å²) < 4.78 is 0. The summed E-state index contributed by atoms with van der Waals surface area (Å²) in [6, 6.07) is 2.09. The maximum absolute atomic E-state index is 9.00. The van der Waals surface area contributed by atoms with Gasteiger partial charge in [0.25, 0.3) is 0 Å². The quantitative estimate of drug-likeness (QED) is 0.830. The van der Waals surface area contributed by atoms with E-state index in [0.29, 0.717) is 5.92 Å². The largest absolute Gasteiger partial charge is 0.395 e. The lowest BCUT2D eigenvalue weighted by molar-refractivity contribution is 0.151. The van der Waals surface area contributed by atoms with E-state index in [0.717, 1.165) is 50.9 Å². The third-order valence-corrected chi connectivity index (χ3v) is 5.03. The van der Waals surface area contributed by atoms with Crippen LogP contribution < -0.4 is 10.2 Å². The van der Waals surface area contributed by atoms with E-state index in [1.807, 2.05) is 0 Å². The normalized spacial score (nSPS) is 20.7. The highest BCUT2D eigenvalue weighted by atomic mass is 16.3. The van der Waals surface area contributed by atoms with Gasteiger partial charge < -0.3 is 20.2 Å².